The van der Waals surface area contributed by atoms with Crippen molar-refractivity contribution in [2.45, 2.75) is 13.5 Å². The second kappa shape index (κ2) is 8.65. The van der Waals surface area contributed by atoms with Gasteiger partial charge in [0.15, 0.2) is 0 Å². The Kier molecular flexibility index (Phi) is 5.83. The first-order chi connectivity index (χ1) is 13.5. The number of rotatable bonds is 5. The number of nitriles is 1. The van der Waals surface area contributed by atoms with Crippen molar-refractivity contribution in [3.63, 3.8) is 0 Å². The Morgan fingerprint density at radius 2 is 1.46 bits per heavy atom. The van der Waals surface area contributed by atoms with Gasteiger partial charge in [-0.25, -0.2) is 4.79 Å². The standard InChI is InChI=1S/C23H18N2O3/c1-16(26)25-15-18-4-8-21(9-5-18)23(27)28-22-12-10-20(11-13-22)19-6-2-17(14-24)3-7-19/h2-13H,15H2,1H3,(H,25,26). The molecule has 0 radical (unpaired) electrons. The first-order valence-corrected chi connectivity index (χ1v) is 8.71. The highest BCUT2D eigenvalue weighted by molar-refractivity contribution is 5.91. The fourth-order valence-electron chi connectivity index (χ4n) is 2.60. The summed E-state index contributed by atoms with van der Waals surface area (Å²) in [7, 11) is 0. The number of benzene rings is 3. The lowest BCUT2D eigenvalue weighted by molar-refractivity contribution is -0.119. The van der Waals surface area contributed by atoms with Gasteiger partial charge in [0.25, 0.3) is 0 Å². The summed E-state index contributed by atoms with van der Waals surface area (Å²) < 4.78 is 5.41. The maximum Gasteiger partial charge on any atom is 0.343 e. The molecule has 0 saturated carbocycles. The zero-order chi connectivity index (χ0) is 19.9. The van der Waals surface area contributed by atoms with Crippen molar-refractivity contribution < 1.29 is 14.3 Å². The molecular weight excluding hydrogens is 352 g/mol. The van der Waals surface area contributed by atoms with Gasteiger partial charge < -0.3 is 10.1 Å². The molecule has 0 aliphatic rings. The molecule has 28 heavy (non-hydrogen) atoms. The molecule has 0 bridgehead atoms. The van der Waals surface area contributed by atoms with Gasteiger partial charge in [-0.05, 0) is 53.1 Å². The minimum absolute atomic E-state index is 0.104. The third kappa shape index (κ3) is 4.83. The van der Waals surface area contributed by atoms with Crippen LogP contribution < -0.4 is 10.1 Å². The topological polar surface area (TPSA) is 79.2 Å². The molecule has 0 fully saturated rings. The predicted molar refractivity (Wildman–Crippen MR) is 106 cm³/mol. The Morgan fingerprint density at radius 1 is 0.893 bits per heavy atom. The molecule has 138 valence electrons. The number of nitrogens with one attached hydrogen (secondary N) is 1. The zero-order valence-electron chi connectivity index (χ0n) is 15.3. The third-order valence-electron chi connectivity index (χ3n) is 4.14. The van der Waals surface area contributed by atoms with E-state index in [4.69, 9.17) is 10.00 Å². The van der Waals surface area contributed by atoms with Crippen LogP contribution >= 0.6 is 0 Å². The van der Waals surface area contributed by atoms with Crippen LogP contribution in [0.15, 0.2) is 72.8 Å². The van der Waals surface area contributed by atoms with E-state index in [0.717, 1.165) is 16.7 Å². The summed E-state index contributed by atoms with van der Waals surface area (Å²) in [5.74, 6) is -0.102. The van der Waals surface area contributed by atoms with Crippen LogP contribution in [0.25, 0.3) is 11.1 Å². The van der Waals surface area contributed by atoms with Crippen molar-refractivity contribution in [3.8, 4) is 22.9 Å². The molecule has 0 heterocycles. The van der Waals surface area contributed by atoms with E-state index in [-0.39, 0.29) is 5.91 Å². The molecule has 1 amide bonds. The van der Waals surface area contributed by atoms with Crippen molar-refractivity contribution in [2.75, 3.05) is 0 Å². The van der Waals surface area contributed by atoms with Crippen molar-refractivity contribution >= 4 is 11.9 Å². The van der Waals surface area contributed by atoms with Gasteiger partial charge in [-0.1, -0.05) is 36.4 Å². The van der Waals surface area contributed by atoms with Crippen LogP contribution in [-0.2, 0) is 11.3 Å². The lowest BCUT2D eigenvalue weighted by Gasteiger charge is -2.07. The van der Waals surface area contributed by atoms with E-state index < -0.39 is 5.97 Å². The lowest BCUT2D eigenvalue weighted by Crippen LogP contribution is -2.18. The fourth-order valence-corrected chi connectivity index (χ4v) is 2.60. The van der Waals surface area contributed by atoms with Crippen LogP contribution in [-0.4, -0.2) is 11.9 Å². The minimum atomic E-state index is -0.447. The van der Waals surface area contributed by atoms with Crippen LogP contribution in [0.3, 0.4) is 0 Å². The zero-order valence-corrected chi connectivity index (χ0v) is 15.3. The van der Waals surface area contributed by atoms with Crippen LogP contribution in [0.1, 0.15) is 28.4 Å². The highest BCUT2D eigenvalue weighted by Crippen LogP contribution is 2.23. The van der Waals surface area contributed by atoms with E-state index in [1.54, 1.807) is 48.5 Å². The molecule has 1 N–H and O–H groups in total. The average Bonchev–Trinajstić information content (AvgIpc) is 2.73. The average molecular weight is 370 g/mol. The summed E-state index contributed by atoms with van der Waals surface area (Å²) in [5.41, 5.74) is 3.89. The summed E-state index contributed by atoms with van der Waals surface area (Å²) in [5, 5.41) is 11.6. The first-order valence-electron chi connectivity index (χ1n) is 8.71. The minimum Gasteiger partial charge on any atom is -0.423 e. The Bertz CT molecular complexity index is 1020. The Labute approximate surface area is 163 Å². The predicted octanol–water partition coefficient (Wildman–Crippen LogP) is 4.08. The lowest BCUT2D eigenvalue weighted by atomic mass is 10.0. The number of hydrogen-bond acceptors (Lipinski definition) is 4. The molecule has 0 saturated heterocycles. The molecule has 0 unspecified atom stereocenters. The summed E-state index contributed by atoms with van der Waals surface area (Å²) in [6, 6.07) is 23.5. The Balaban J connectivity index is 1.64. The monoisotopic (exact) mass is 370 g/mol. The van der Waals surface area contributed by atoms with E-state index in [1.807, 2.05) is 24.3 Å². The Hall–Kier alpha value is -3.91. The van der Waals surface area contributed by atoms with Gasteiger partial charge in [0.2, 0.25) is 5.91 Å². The van der Waals surface area contributed by atoms with E-state index in [9.17, 15) is 9.59 Å². The van der Waals surface area contributed by atoms with Crippen molar-refractivity contribution in [1.82, 2.24) is 5.32 Å². The molecule has 0 spiro atoms. The van der Waals surface area contributed by atoms with Gasteiger partial charge in [-0.3, -0.25) is 4.79 Å². The number of hydrogen-bond donors (Lipinski definition) is 1. The molecule has 3 rings (SSSR count). The van der Waals surface area contributed by atoms with Gasteiger partial charge in [-0.15, -0.1) is 0 Å². The van der Waals surface area contributed by atoms with Gasteiger partial charge >= 0.3 is 5.97 Å². The SMILES string of the molecule is CC(=O)NCc1ccc(C(=O)Oc2ccc(-c3ccc(C#N)cc3)cc2)cc1. The van der Waals surface area contributed by atoms with Gasteiger partial charge in [0.05, 0.1) is 17.2 Å². The maximum atomic E-state index is 12.3. The van der Waals surface area contributed by atoms with Crippen LogP contribution in [0.2, 0.25) is 0 Å². The van der Waals surface area contributed by atoms with Gasteiger partial charge in [0.1, 0.15) is 5.75 Å². The van der Waals surface area contributed by atoms with E-state index >= 15 is 0 Å². The summed E-state index contributed by atoms with van der Waals surface area (Å²) in [4.78, 5) is 23.2. The number of carbonyl (C=O) groups is 2. The highest BCUT2D eigenvalue weighted by Gasteiger charge is 2.09. The molecule has 3 aromatic carbocycles. The van der Waals surface area contributed by atoms with Gasteiger partial charge in [0, 0.05) is 13.5 Å². The van der Waals surface area contributed by atoms with Crippen LogP contribution in [0.4, 0.5) is 0 Å². The van der Waals surface area contributed by atoms with Crippen LogP contribution in [0, 0.1) is 11.3 Å². The third-order valence-corrected chi connectivity index (χ3v) is 4.14. The molecule has 0 aliphatic carbocycles. The largest absolute Gasteiger partial charge is 0.423 e. The highest BCUT2D eigenvalue weighted by atomic mass is 16.5. The second-order valence-electron chi connectivity index (χ2n) is 6.21. The van der Waals surface area contributed by atoms with Crippen molar-refractivity contribution in [2.24, 2.45) is 0 Å². The van der Waals surface area contributed by atoms with Gasteiger partial charge in [-0.2, -0.15) is 5.26 Å². The molecule has 0 aromatic heterocycles. The van der Waals surface area contributed by atoms with E-state index in [0.29, 0.717) is 23.4 Å². The molecule has 5 heteroatoms. The molecular formula is C23H18N2O3. The number of amides is 1. The van der Waals surface area contributed by atoms with E-state index in [1.165, 1.54) is 6.92 Å². The summed E-state index contributed by atoms with van der Waals surface area (Å²) >= 11 is 0. The first kappa shape index (κ1) is 18.9. The molecule has 3 aromatic rings. The molecule has 0 atom stereocenters. The summed E-state index contributed by atoms with van der Waals surface area (Å²) in [6.45, 7) is 1.87. The smallest absolute Gasteiger partial charge is 0.343 e. The number of ether oxygens (including phenoxy) is 1. The normalized spacial score (nSPS) is 10.0. The molecule has 5 nitrogen and oxygen atoms in total. The summed E-state index contributed by atoms with van der Waals surface area (Å²) in [6.07, 6.45) is 0. The quantitative estimate of drug-likeness (QED) is 0.542. The number of nitrogens with zero attached hydrogens (tertiary/aromatic N) is 1. The molecule has 0 aliphatic heterocycles. The second-order valence-corrected chi connectivity index (χ2v) is 6.21. The van der Waals surface area contributed by atoms with E-state index in [2.05, 4.69) is 11.4 Å². The fraction of sp³-hybridized carbons (Fsp3) is 0.0870. The van der Waals surface area contributed by atoms with Crippen LogP contribution in [0.5, 0.6) is 5.75 Å². The number of carbonyl (C=O) groups excluding carboxylic acids is 2. The maximum absolute atomic E-state index is 12.3. The Morgan fingerprint density at radius 3 is 2.00 bits per heavy atom. The van der Waals surface area contributed by atoms with Crippen molar-refractivity contribution in [1.29, 1.82) is 5.26 Å². The van der Waals surface area contributed by atoms with Crippen molar-refractivity contribution in [3.05, 3.63) is 89.5 Å². The number of esters is 1.